The lowest BCUT2D eigenvalue weighted by Crippen LogP contribution is -2.32. The molecule has 2 heteroatoms. The number of unbranched alkanes of at least 4 members (excludes halogenated alkanes) is 1. The van der Waals surface area contributed by atoms with E-state index in [1.54, 1.807) is 0 Å². The Bertz CT molecular complexity index is 343. The lowest BCUT2D eigenvalue weighted by atomic mass is 9.99. The van der Waals surface area contributed by atoms with E-state index >= 15 is 0 Å². The Morgan fingerprint density at radius 2 is 1.63 bits per heavy atom. The van der Waals surface area contributed by atoms with Crippen molar-refractivity contribution in [3.63, 3.8) is 0 Å². The summed E-state index contributed by atoms with van der Waals surface area (Å²) < 4.78 is 0. The Morgan fingerprint density at radius 3 is 2.11 bits per heavy atom. The van der Waals surface area contributed by atoms with Gasteiger partial charge in [-0.3, -0.25) is 0 Å². The van der Waals surface area contributed by atoms with Crippen LogP contribution in [0.4, 0.5) is 0 Å². The van der Waals surface area contributed by atoms with Crippen molar-refractivity contribution in [2.24, 2.45) is 5.73 Å². The van der Waals surface area contributed by atoms with E-state index in [0.29, 0.717) is 5.92 Å². The molecule has 19 heavy (non-hydrogen) atoms. The molecule has 1 atom stereocenters. The smallest absolute Gasteiger partial charge is 0.0424 e. The standard InChI is InChI=1S/C17H30N2/c1-5-7-12-19(6-2)13-17(18)16-10-8-15(9-11-16)14(3)4/h8-11,14,17H,5-7,12-13,18H2,1-4H3. The molecule has 1 unspecified atom stereocenters. The molecule has 0 aromatic heterocycles. The first kappa shape index (κ1) is 16.2. The zero-order chi connectivity index (χ0) is 14.3. The zero-order valence-corrected chi connectivity index (χ0v) is 13.0. The second kappa shape index (κ2) is 8.34. The van der Waals surface area contributed by atoms with Gasteiger partial charge in [0, 0.05) is 12.6 Å². The van der Waals surface area contributed by atoms with Crippen molar-refractivity contribution in [3.8, 4) is 0 Å². The van der Waals surface area contributed by atoms with Crippen LogP contribution in [0.3, 0.4) is 0 Å². The lowest BCUT2D eigenvalue weighted by Gasteiger charge is -2.24. The molecule has 0 spiro atoms. The van der Waals surface area contributed by atoms with Crippen molar-refractivity contribution >= 4 is 0 Å². The summed E-state index contributed by atoms with van der Waals surface area (Å²) in [6, 6.07) is 8.92. The van der Waals surface area contributed by atoms with E-state index in [9.17, 15) is 0 Å². The molecule has 0 aliphatic heterocycles. The molecule has 2 nitrogen and oxygen atoms in total. The van der Waals surface area contributed by atoms with Gasteiger partial charge >= 0.3 is 0 Å². The fourth-order valence-corrected chi connectivity index (χ4v) is 2.27. The molecule has 1 aromatic rings. The predicted molar refractivity (Wildman–Crippen MR) is 84.5 cm³/mol. The first-order valence-corrected chi connectivity index (χ1v) is 7.66. The topological polar surface area (TPSA) is 29.3 Å². The van der Waals surface area contributed by atoms with Crippen LogP contribution in [0.5, 0.6) is 0 Å². The van der Waals surface area contributed by atoms with Crippen LogP contribution in [0, 0.1) is 0 Å². The molecule has 0 bridgehead atoms. The minimum atomic E-state index is 0.123. The first-order valence-electron chi connectivity index (χ1n) is 7.66. The van der Waals surface area contributed by atoms with Crippen LogP contribution in [0.25, 0.3) is 0 Å². The van der Waals surface area contributed by atoms with Gasteiger partial charge in [0.05, 0.1) is 0 Å². The summed E-state index contributed by atoms with van der Waals surface area (Å²) >= 11 is 0. The molecule has 1 rings (SSSR count). The Hall–Kier alpha value is -0.860. The Labute approximate surface area is 119 Å². The lowest BCUT2D eigenvalue weighted by molar-refractivity contribution is 0.266. The number of hydrogen-bond donors (Lipinski definition) is 1. The summed E-state index contributed by atoms with van der Waals surface area (Å²) in [6.07, 6.45) is 2.50. The van der Waals surface area contributed by atoms with Crippen LogP contribution in [0.15, 0.2) is 24.3 Å². The minimum Gasteiger partial charge on any atom is -0.323 e. The van der Waals surface area contributed by atoms with Crippen molar-refractivity contribution in [1.82, 2.24) is 4.90 Å². The predicted octanol–water partition coefficient (Wildman–Crippen LogP) is 3.93. The highest BCUT2D eigenvalue weighted by atomic mass is 15.1. The monoisotopic (exact) mass is 262 g/mol. The third kappa shape index (κ3) is 5.33. The van der Waals surface area contributed by atoms with Crippen molar-refractivity contribution in [2.45, 2.75) is 52.5 Å². The van der Waals surface area contributed by atoms with Gasteiger partial charge in [0.25, 0.3) is 0 Å². The molecule has 0 saturated heterocycles. The Kier molecular flexibility index (Phi) is 7.11. The van der Waals surface area contributed by atoms with E-state index in [0.717, 1.165) is 19.6 Å². The molecule has 0 fully saturated rings. The molecule has 0 aliphatic carbocycles. The second-order valence-electron chi connectivity index (χ2n) is 5.67. The van der Waals surface area contributed by atoms with Gasteiger partial charge in [-0.15, -0.1) is 0 Å². The summed E-state index contributed by atoms with van der Waals surface area (Å²) in [4.78, 5) is 2.45. The maximum absolute atomic E-state index is 6.33. The third-order valence-corrected chi connectivity index (χ3v) is 3.76. The SMILES string of the molecule is CCCCN(CC)CC(N)c1ccc(C(C)C)cc1. The van der Waals surface area contributed by atoms with Gasteiger partial charge in [-0.1, -0.05) is 58.4 Å². The van der Waals surface area contributed by atoms with Crippen molar-refractivity contribution in [1.29, 1.82) is 0 Å². The van der Waals surface area contributed by atoms with Crippen molar-refractivity contribution in [3.05, 3.63) is 35.4 Å². The van der Waals surface area contributed by atoms with Crippen molar-refractivity contribution in [2.75, 3.05) is 19.6 Å². The number of nitrogens with zero attached hydrogens (tertiary/aromatic N) is 1. The van der Waals surface area contributed by atoms with Gasteiger partial charge in [-0.25, -0.2) is 0 Å². The second-order valence-corrected chi connectivity index (χ2v) is 5.67. The van der Waals surface area contributed by atoms with Gasteiger partial charge in [-0.05, 0) is 36.6 Å². The quantitative estimate of drug-likeness (QED) is 0.769. The van der Waals surface area contributed by atoms with Gasteiger partial charge in [0.15, 0.2) is 0 Å². The maximum Gasteiger partial charge on any atom is 0.0424 e. The highest BCUT2D eigenvalue weighted by Gasteiger charge is 2.11. The molecule has 1 aromatic carbocycles. The largest absolute Gasteiger partial charge is 0.323 e. The zero-order valence-electron chi connectivity index (χ0n) is 13.0. The van der Waals surface area contributed by atoms with Crippen LogP contribution in [0.1, 0.15) is 63.6 Å². The van der Waals surface area contributed by atoms with Gasteiger partial charge in [0.1, 0.15) is 0 Å². The third-order valence-electron chi connectivity index (χ3n) is 3.76. The average Bonchev–Trinajstić information content (AvgIpc) is 2.43. The summed E-state index contributed by atoms with van der Waals surface area (Å²) in [7, 11) is 0. The molecular weight excluding hydrogens is 232 g/mol. The summed E-state index contributed by atoms with van der Waals surface area (Å²) in [5.41, 5.74) is 8.96. The van der Waals surface area contributed by atoms with Gasteiger partial charge in [0.2, 0.25) is 0 Å². The minimum absolute atomic E-state index is 0.123. The summed E-state index contributed by atoms with van der Waals surface area (Å²) in [5, 5.41) is 0. The van der Waals surface area contributed by atoms with E-state index in [-0.39, 0.29) is 6.04 Å². The van der Waals surface area contributed by atoms with Crippen molar-refractivity contribution < 1.29 is 0 Å². The molecule has 0 aliphatic rings. The molecule has 0 heterocycles. The summed E-state index contributed by atoms with van der Waals surface area (Å²) in [5.74, 6) is 0.585. The fourth-order valence-electron chi connectivity index (χ4n) is 2.27. The molecule has 0 amide bonds. The number of benzene rings is 1. The van der Waals surface area contributed by atoms with E-state index in [2.05, 4.69) is 56.9 Å². The van der Waals surface area contributed by atoms with E-state index < -0.39 is 0 Å². The molecule has 108 valence electrons. The highest BCUT2D eigenvalue weighted by Crippen LogP contribution is 2.18. The van der Waals surface area contributed by atoms with Crippen LogP contribution in [0.2, 0.25) is 0 Å². The molecule has 0 saturated carbocycles. The molecular formula is C17H30N2. The van der Waals surface area contributed by atoms with E-state index in [1.807, 2.05) is 0 Å². The molecule has 0 radical (unpaired) electrons. The number of likely N-dealkylation sites (N-methyl/N-ethyl adjacent to an activating group) is 1. The average molecular weight is 262 g/mol. The number of hydrogen-bond acceptors (Lipinski definition) is 2. The van der Waals surface area contributed by atoms with Gasteiger partial charge in [-0.2, -0.15) is 0 Å². The Morgan fingerprint density at radius 1 is 1.05 bits per heavy atom. The number of nitrogens with two attached hydrogens (primary N) is 1. The Balaban J connectivity index is 2.58. The fraction of sp³-hybridized carbons (Fsp3) is 0.647. The number of rotatable bonds is 8. The normalized spacial score (nSPS) is 13.2. The van der Waals surface area contributed by atoms with Crippen LogP contribution >= 0.6 is 0 Å². The maximum atomic E-state index is 6.33. The van der Waals surface area contributed by atoms with E-state index in [4.69, 9.17) is 5.73 Å². The van der Waals surface area contributed by atoms with Crippen LogP contribution < -0.4 is 5.73 Å². The molecule has 2 N–H and O–H groups in total. The van der Waals surface area contributed by atoms with Crippen LogP contribution in [-0.4, -0.2) is 24.5 Å². The van der Waals surface area contributed by atoms with Gasteiger partial charge < -0.3 is 10.6 Å². The van der Waals surface area contributed by atoms with Crippen LogP contribution in [-0.2, 0) is 0 Å². The summed E-state index contributed by atoms with van der Waals surface area (Å²) in [6.45, 7) is 12.1. The highest BCUT2D eigenvalue weighted by molar-refractivity contribution is 5.26. The van der Waals surface area contributed by atoms with E-state index in [1.165, 1.54) is 24.0 Å². The first-order chi connectivity index (χ1) is 9.08.